The van der Waals surface area contributed by atoms with Gasteiger partial charge in [0.1, 0.15) is 0 Å². The van der Waals surface area contributed by atoms with Gasteiger partial charge in [-0.1, -0.05) is 6.92 Å². The molecule has 2 rings (SSSR count). The van der Waals surface area contributed by atoms with Gasteiger partial charge in [0.05, 0.1) is 6.26 Å². The highest BCUT2D eigenvalue weighted by atomic mass is 32.2. The highest BCUT2D eigenvalue weighted by Crippen LogP contribution is 2.26. The average Bonchev–Trinajstić information content (AvgIpc) is 2.74. The van der Waals surface area contributed by atoms with Crippen molar-refractivity contribution in [1.82, 2.24) is 9.62 Å². The van der Waals surface area contributed by atoms with Crippen molar-refractivity contribution in [3.8, 4) is 0 Å². The first-order chi connectivity index (χ1) is 8.86. The molecule has 2 aliphatic rings. The molecule has 0 aromatic heterocycles. The number of hydrogen-bond donors (Lipinski definition) is 1. The quantitative estimate of drug-likeness (QED) is 0.841. The maximum Gasteiger partial charge on any atom is 0.223 e. The summed E-state index contributed by atoms with van der Waals surface area (Å²) in [4.78, 5) is 12.1. The van der Waals surface area contributed by atoms with E-state index in [9.17, 15) is 13.2 Å². The van der Waals surface area contributed by atoms with E-state index in [0.29, 0.717) is 37.9 Å². The standard InChI is InChI=1S/C13H24N2O3S/c1-10-3-4-12(9-10)14-13(16)11-5-7-15(8-6-11)19(2,17)18/h10-12H,3-9H2,1-2H3,(H,14,16). The van der Waals surface area contributed by atoms with Gasteiger partial charge in [0, 0.05) is 25.0 Å². The summed E-state index contributed by atoms with van der Waals surface area (Å²) in [5, 5.41) is 3.13. The van der Waals surface area contributed by atoms with Crippen LogP contribution in [0.4, 0.5) is 0 Å². The van der Waals surface area contributed by atoms with Crippen molar-refractivity contribution in [1.29, 1.82) is 0 Å². The Hall–Kier alpha value is -0.620. The van der Waals surface area contributed by atoms with Crippen molar-refractivity contribution in [2.75, 3.05) is 19.3 Å². The topological polar surface area (TPSA) is 66.5 Å². The molecule has 19 heavy (non-hydrogen) atoms. The van der Waals surface area contributed by atoms with Crippen molar-refractivity contribution >= 4 is 15.9 Å². The van der Waals surface area contributed by atoms with Crippen LogP contribution in [0.25, 0.3) is 0 Å². The Labute approximate surface area is 115 Å². The first kappa shape index (κ1) is 14.8. The minimum absolute atomic E-state index is 0.0195. The number of rotatable bonds is 3. The predicted octanol–water partition coefficient (Wildman–Crippen LogP) is 0.963. The molecule has 0 aromatic carbocycles. The summed E-state index contributed by atoms with van der Waals surface area (Å²) in [5.41, 5.74) is 0. The van der Waals surface area contributed by atoms with Crippen molar-refractivity contribution in [2.45, 2.75) is 45.1 Å². The Morgan fingerprint density at radius 2 is 1.79 bits per heavy atom. The van der Waals surface area contributed by atoms with Crippen LogP contribution in [-0.4, -0.2) is 44.0 Å². The van der Waals surface area contributed by atoms with Crippen LogP contribution in [0.1, 0.15) is 39.0 Å². The van der Waals surface area contributed by atoms with Gasteiger partial charge in [-0.05, 0) is 38.0 Å². The van der Waals surface area contributed by atoms with E-state index in [1.165, 1.54) is 17.0 Å². The van der Waals surface area contributed by atoms with E-state index in [4.69, 9.17) is 0 Å². The third-order valence-corrected chi connectivity index (χ3v) is 5.64. The Balaban J connectivity index is 1.79. The molecule has 6 heteroatoms. The van der Waals surface area contributed by atoms with Gasteiger partial charge < -0.3 is 5.32 Å². The van der Waals surface area contributed by atoms with Crippen LogP contribution in [0.5, 0.6) is 0 Å². The van der Waals surface area contributed by atoms with E-state index in [2.05, 4.69) is 12.2 Å². The van der Waals surface area contributed by atoms with Crippen LogP contribution in [-0.2, 0) is 14.8 Å². The second-order valence-electron chi connectivity index (χ2n) is 6.06. The Morgan fingerprint density at radius 3 is 2.26 bits per heavy atom. The molecule has 1 aliphatic heterocycles. The normalized spacial score (nSPS) is 30.4. The third-order valence-electron chi connectivity index (χ3n) is 4.33. The highest BCUT2D eigenvalue weighted by Gasteiger charge is 2.31. The lowest BCUT2D eigenvalue weighted by atomic mass is 9.96. The fourth-order valence-corrected chi connectivity index (χ4v) is 3.98. The van der Waals surface area contributed by atoms with Gasteiger partial charge in [0.2, 0.25) is 15.9 Å². The number of carbonyl (C=O) groups is 1. The predicted molar refractivity (Wildman–Crippen MR) is 74.1 cm³/mol. The number of piperidine rings is 1. The first-order valence-corrected chi connectivity index (χ1v) is 8.96. The average molecular weight is 288 g/mol. The van der Waals surface area contributed by atoms with Crippen LogP contribution in [0.15, 0.2) is 0 Å². The molecule has 2 atom stereocenters. The molecule has 2 unspecified atom stereocenters. The van der Waals surface area contributed by atoms with E-state index in [0.717, 1.165) is 12.8 Å². The molecule has 1 heterocycles. The molecular weight excluding hydrogens is 264 g/mol. The van der Waals surface area contributed by atoms with Gasteiger partial charge >= 0.3 is 0 Å². The molecule has 1 amide bonds. The van der Waals surface area contributed by atoms with Crippen LogP contribution < -0.4 is 5.32 Å². The summed E-state index contributed by atoms with van der Waals surface area (Å²) in [6, 6.07) is 0.329. The molecule has 0 spiro atoms. The molecule has 5 nitrogen and oxygen atoms in total. The summed E-state index contributed by atoms with van der Waals surface area (Å²) in [6.07, 6.45) is 5.86. The monoisotopic (exact) mass is 288 g/mol. The Kier molecular flexibility index (Phi) is 4.50. The number of amides is 1. The molecule has 1 saturated heterocycles. The van der Waals surface area contributed by atoms with Crippen molar-refractivity contribution in [3.63, 3.8) is 0 Å². The number of nitrogens with zero attached hydrogens (tertiary/aromatic N) is 1. The summed E-state index contributed by atoms with van der Waals surface area (Å²) in [6.45, 7) is 3.16. The lowest BCUT2D eigenvalue weighted by Gasteiger charge is -2.30. The zero-order valence-electron chi connectivity index (χ0n) is 11.8. The maximum atomic E-state index is 12.1. The molecule has 0 aromatic rings. The van der Waals surface area contributed by atoms with Gasteiger partial charge in [0.25, 0.3) is 0 Å². The minimum atomic E-state index is -3.10. The minimum Gasteiger partial charge on any atom is -0.353 e. The number of sulfonamides is 1. The Morgan fingerprint density at radius 1 is 1.16 bits per heavy atom. The van der Waals surface area contributed by atoms with Crippen molar-refractivity contribution < 1.29 is 13.2 Å². The smallest absolute Gasteiger partial charge is 0.223 e. The fourth-order valence-electron chi connectivity index (χ4n) is 3.11. The zero-order valence-corrected chi connectivity index (χ0v) is 12.6. The van der Waals surface area contributed by atoms with Gasteiger partial charge in [0.15, 0.2) is 0 Å². The summed E-state index contributed by atoms with van der Waals surface area (Å²) in [5.74, 6) is 0.804. The first-order valence-electron chi connectivity index (χ1n) is 7.11. The van der Waals surface area contributed by atoms with Crippen LogP contribution in [0.3, 0.4) is 0 Å². The van der Waals surface area contributed by atoms with Crippen LogP contribution in [0, 0.1) is 11.8 Å². The number of nitrogens with one attached hydrogen (secondary N) is 1. The molecule has 110 valence electrons. The molecule has 2 fully saturated rings. The lowest BCUT2D eigenvalue weighted by Crippen LogP contribution is -2.44. The van der Waals surface area contributed by atoms with Gasteiger partial charge in [-0.3, -0.25) is 4.79 Å². The number of carbonyl (C=O) groups excluding carboxylic acids is 1. The second kappa shape index (κ2) is 5.79. The fraction of sp³-hybridized carbons (Fsp3) is 0.923. The van der Waals surface area contributed by atoms with E-state index < -0.39 is 10.0 Å². The summed E-state index contributed by atoms with van der Waals surface area (Å²) < 4.78 is 24.3. The largest absolute Gasteiger partial charge is 0.353 e. The highest BCUT2D eigenvalue weighted by molar-refractivity contribution is 7.88. The zero-order chi connectivity index (χ0) is 14.0. The van der Waals surface area contributed by atoms with Crippen molar-refractivity contribution in [2.24, 2.45) is 11.8 Å². The SMILES string of the molecule is CC1CCC(NC(=O)C2CCN(S(C)(=O)=O)CC2)C1. The van der Waals surface area contributed by atoms with E-state index in [1.54, 1.807) is 0 Å². The van der Waals surface area contributed by atoms with Crippen LogP contribution in [0.2, 0.25) is 0 Å². The lowest BCUT2D eigenvalue weighted by molar-refractivity contribution is -0.126. The molecule has 1 N–H and O–H groups in total. The molecule has 0 radical (unpaired) electrons. The van der Waals surface area contributed by atoms with Crippen LogP contribution >= 0.6 is 0 Å². The second-order valence-corrected chi connectivity index (χ2v) is 8.04. The van der Waals surface area contributed by atoms with Gasteiger partial charge in [-0.25, -0.2) is 12.7 Å². The van der Waals surface area contributed by atoms with Gasteiger partial charge in [-0.15, -0.1) is 0 Å². The summed E-state index contributed by atoms with van der Waals surface area (Å²) in [7, 11) is -3.10. The summed E-state index contributed by atoms with van der Waals surface area (Å²) >= 11 is 0. The maximum absolute atomic E-state index is 12.1. The molecule has 1 saturated carbocycles. The van der Waals surface area contributed by atoms with Gasteiger partial charge in [-0.2, -0.15) is 0 Å². The van der Waals surface area contributed by atoms with E-state index in [-0.39, 0.29) is 11.8 Å². The van der Waals surface area contributed by atoms with E-state index >= 15 is 0 Å². The Bertz CT molecular complexity index is 427. The van der Waals surface area contributed by atoms with E-state index in [1.807, 2.05) is 0 Å². The molecule has 1 aliphatic carbocycles. The molecule has 0 bridgehead atoms. The molecular formula is C13H24N2O3S. The van der Waals surface area contributed by atoms with Crippen molar-refractivity contribution in [3.05, 3.63) is 0 Å². The third kappa shape index (κ3) is 3.92. The number of hydrogen-bond acceptors (Lipinski definition) is 3.